The molecule has 0 bridgehead atoms. The standard InChI is InChI=1S/C12H19NO2Si/c1-12(13,16(2,3)4)10-8-6-5-7-9(10)11(14)15/h5-8H,13H2,1-4H3,(H,14,15). The number of benzene rings is 1. The summed E-state index contributed by atoms with van der Waals surface area (Å²) in [6.07, 6.45) is 0. The van der Waals surface area contributed by atoms with Crippen LogP contribution in [0, 0.1) is 0 Å². The topological polar surface area (TPSA) is 63.3 Å². The lowest BCUT2D eigenvalue weighted by molar-refractivity contribution is 0.0694. The van der Waals surface area contributed by atoms with Crippen molar-refractivity contribution in [1.29, 1.82) is 0 Å². The quantitative estimate of drug-likeness (QED) is 0.794. The molecule has 3 nitrogen and oxygen atoms in total. The molecule has 1 aromatic carbocycles. The highest BCUT2D eigenvalue weighted by Crippen LogP contribution is 2.31. The van der Waals surface area contributed by atoms with Crippen molar-refractivity contribution in [1.82, 2.24) is 0 Å². The Balaban J connectivity index is 3.39. The van der Waals surface area contributed by atoms with E-state index >= 15 is 0 Å². The van der Waals surface area contributed by atoms with Crippen molar-refractivity contribution in [3.63, 3.8) is 0 Å². The monoisotopic (exact) mass is 237 g/mol. The number of nitrogens with two attached hydrogens (primary N) is 1. The summed E-state index contributed by atoms with van der Waals surface area (Å²) in [7, 11) is -1.69. The highest BCUT2D eigenvalue weighted by molar-refractivity contribution is 6.78. The molecule has 0 saturated carbocycles. The molecule has 1 unspecified atom stereocenters. The Labute approximate surface area is 97.3 Å². The first-order chi connectivity index (χ1) is 7.18. The van der Waals surface area contributed by atoms with Crippen molar-refractivity contribution in [2.75, 3.05) is 0 Å². The van der Waals surface area contributed by atoms with E-state index in [4.69, 9.17) is 10.8 Å². The maximum absolute atomic E-state index is 11.2. The van der Waals surface area contributed by atoms with Crippen LogP contribution in [0.3, 0.4) is 0 Å². The van der Waals surface area contributed by atoms with Crippen molar-refractivity contribution < 1.29 is 9.90 Å². The zero-order valence-electron chi connectivity index (χ0n) is 10.2. The first-order valence-corrected chi connectivity index (χ1v) is 8.79. The van der Waals surface area contributed by atoms with E-state index in [2.05, 4.69) is 19.6 Å². The average molecular weight is 237 g/mol. The minimum atomic E-state index is -1.69. The lowest BCUT2D eigenvalue weighted by Gasteiger charge is -2.38. The summed E-state index contributed by atoms with van der Waals surface area (Å²) >= 11 is 0. The third-order valence-electron chi connectivity index (χ3n) is 3.27. The fraction of sp³-hybridized carbons (Fsp3) is 0.417. The molecule has 1 rings (SSSR count). The van der Waals surface area contributed by atoms with Crippen molar-refractivity contribution in [3.05, 3.63) is 35.4 Å². The molecule has 0 spiro atoms. The van der Waals surface area contributed by atoms with Gasteiger partial charge < -0.3 is 10.8 Å². The molecule has 0 radical (unpaired) electrons. The van der Waals surface area contributed by atoms with Crippen LogP contribution in [0.2, 0.25) is 19.6 Å². The number of carboxylic acids is 1. The van der Waals surface area contributed by atoms with Gasteiger partial charge in [-0.05, 0) is 18.6 Å². The molecular formula is C12H19NO2Si. The zero-order valence-corrected chi connectivity index (χ0v) is 11.2. The molecule has 0 fully saturated rings. The Bertz CT molecular complexity index is 408. The lowest BCUT2D eigenvalue weighted by Crippen LogP contribution is -2.54. The average Bonchev–Trinajstić information content (AvgIpc) is 2.16. The minimum absolute atomic E-state index is 0.315. The number of rotatable bonds is 3. The van der Waals surface area contributed by atoms with Gasteiger partial charge in [-0.25, -0.2) is 4.79 Å². The van der Waals surface area contributed by atoms with Crippen molar-refractivity contribution in [2.24, 2.45) is 5.73 Å². The summed E-state index contributed by atoms with van der Waals surface area (Å²) in [6.45, 7) is 8.36. The van der Waals surface area contributed by atoms with E-state index in [1.54, 1.807) is 12.1 Å². The van der Waals surface area contributed by atoms with Gasteiger partial charge in [0.15, 0.2) is 0 Å². The zero-order chi connectivity index (χ0) is 12.6. The van der Waals surface area contributed by atoms with E-state index < -0.39 is 19.2 Å². The van der Waals surface area contributed by atoms with Crippen LogP contribution in [0.15, 0.2) is 24.3 Å². The Kier molecular flexibility index (Phi) is 3.26. The fourth-order valence-corrected chi connectivity index (χ4v) is 2.55. The van der Waals surface area contributed by atoms with Crippen LogP contribution in [0.25, 0.3) is 0 Å². The fourth-order valence-electron chi connectivity index (χ4n) is 1.53. The maximum atomic E-state index is 11.2. The second-order valence-electron chi connectivity index (χ2n) is 5.30. The molecule has 1 aromatic rings. The SMILES string of the molecule is CC(N)(c1ccccc1C(=O)O)[Si](C)(C)C. The van der Waals surface area contributed by atoms with E-state index in [0.29, 0.717) is 5.56 Å². The predicted molar refractivity (Wildman–Crippen MR) is 68.3 cm³/mol. The van der Waals surface area contributed by atoms with Crippen LogP contribution in [0.5, 0.6) is 0 Å². The van der Waals surface area contributed by atoms with Crippen LogP contribution in [-0.4, -0.2) is 19.1 Å². The Morgan fingerprint density at radius 3 is 2.25 bits per heavy atom. The molecule has 0 aliphatic rings. The van der Waals surface area contributed by atoms with E-state index in [0.717, 1.165) is 5.56 Å². The second-order valence-corrected chi connectivity index (χ2v) is 10.8. The molecule has 3 N–H and O–H groups in total. The Hall–Kier alpha value is -1.13. The van der Waals surface area contributed by atoms with Gasteiger partial charge in [-0.2, -0.15) is 0 Å². The molecule has 0 aliphatic carbocycles. The van der Waals surface area contributed by atoms with Crippen molar-refractivity contribution in [2.45, 2.75) is 31.7 Å². The molecule has 1 atom stereocenters. The van der Waals surface area contributed by atoms with Crippen LogP contribution < -0.4 is 5.73 Å². The number of carboxylic acid groups (broad SMARTS) is 1. The van der Waals surface area contributed by atoms with Gasteiger partial charge in [0.1, 0.15) is 0 Å². The molecule has 4 heteroatoms. The highest BCUT2D eigenvalue weighted by Gasteiger charge is 2.39. The maximum Gasteiger partial charge on any atom is 0.336 e. The molecule has 0 amide bonds. The number of hydrogen-bond donors (Lipinski definition) is 2. The van der Waals surface area contributed by atoms with Gasteiger partial charge in [0.2, 0.25) is 0 Å². The third kappa shape index (κ3) is 2.17. The van der Waals surface area contributed by atoms with Crippen molar-refractivity contribution >= 4 is 14.0 Å². The highest BCUT2D eigenvalue weighted by atomic mass is 28.3. The molecule has 88 valence electrons. The number of carbonyl (C=O) groups is 1. The lowest BCUT2D eigenvalue weighted by atomic mass is 10.0. The molecule has 0 aliphatic heterocycles. The summed E-state index contributed by atoms with van der Waals surface area (Å²) in [6, 6.07) is 7.00. The minimum Gasteiger partial charge on any atom is -0.478 e. The summed E-state index contributed by atoms with van der Waals surface area (Å²) in [5.41, 5.74) is 7.40. The summed E-state index contributed by atoms with van der Waals surface area (Å²) in [5.74, 6) is -0.912. The summed E-state index contributed by atoms with van der Waals surface area (Å²) in [5, 5.41) is 8.61. The van der Waals surface area contributed by atoms with Crippen LogP contribution in [-0.2, 0) is 5.16 Å². The molecule has 0 heterocycles. The normalized spacial score (nSPS) is 15.6. The largest absolute Gasteiger partial charge is 0.478 e. The number of hydrogen-bond acceptors (Lipinski definition) is 2. The van der Waals surface area contributed by atoms with E-state index in [1.807, 2.05) is 19.1 Å². The van der Waals surface area contributed by atoms with Gasteiger partial charge in [-0.1, -0.05) is 37.8 Å². The van der Waals surface area contributed by atoms with E-state index in [1.165, 1.54) is 0 Å². The van der Waals surface area contributed by atoms with Gasteiger partial charge in [-0.3, -0.25) is 0 Å². The van der Waals surface area contributed by atoms with E-state index in [9.17, 15) is 4.79 Å². The third-order valence-corrected chi connectivity index (χ3v) is 6.66. The van der Waals surface area contributed by atoms with Gasteiger partial charge in [0.25, 0.3) is 0 Å². The van der Waals surface area contributed by atoms with Gasteiger partial charge in [0, 0.05) is 5.16 Å². The van der Waals surface area contributed by atoms with Crippen LogP contribution in [0.4, 0.5) is 0 Å². The van der Waals surface area contributed by atoms with Crippen molar-refractivity contribution in [3.8, 4) is 0 Å². The number of aromatic carboxylic acids is 1. The smallest absolute Gasteiger partial charge is 0.336 e. The summed E-state index contributed by atoms with van der Waals surface area (Å²) < 4.78 is 0. The van der Waals surface area contributed by atoms with Crippen LogP contribution >= 0.6 is 0 Å². The van der Waals surface area contributed by atoms with Crippen LogP contribution in [0.1, 0.15) is 22.8 Å². The van der Waals surface area contributed by atoms with E-state index in [-0.39, 0.29) is 0 Å². The molecule has 0 aromatic heterocycles. The molecule has 16 heavy (non-hydrogen) atoms. The van der Waals surface area contributed by atoms with Gasteiger partial charge in [0.05, 0.1) is 13.6 Å². The second kappa shape index (κ2) is 4.03. The molecule has 0 saturated heterocycles. The Morgan fingerprint density at radius 1 is 1.31 bits per heavy atom. The first-order valence-electron chi connectivity index (χ1n) is 5.29. The summed E-state index contributed by atoms with van der Waals surface area (Å²) in [4.78, 5) is 11.2. The Morgan fingerprint density at radius 2 is 1.81 bits per heavy atom. The van der Waals surface area contributed by atoms with Gasteiger partial charge in [-0.15, -0.1) is 0 Å². The molecular weight excluding hydrogens is 218 g/mol. The van der Waals surface area contributed by atoms with Gasteiger partial charge >= 0.3 is 5.97 Å². The predicted octanol–water partition coefficient (Wildman–Crippen LogP) is 2.44. The first kappa shape index (κ1) is 12.9.